The summed E-state index contributed by atoms with van der Waals surface area (Å²) in [6.07, 6.45) is 5.01. The summed E-state index contributed by atoms with van der Waals surface area (Å²) < 4.78 is 0. The minimum absolute atomic E-state index is 0.121. The van der Waals surface area contributed by atoms with Gasteiger partial charge in [-0.05, 0) is 31.2 Å². The summed E-state index contributed by atoms with van der Waals surface area (Å²) in [5.41, 5.74) is 0.775. The van der Waals surface area contributed by atoms with Crippen molar-refractivity contribution in [3.05, 3.63) is 60.2 Å². The molecule has 2 rings (SSSR count). The third-order valence-corrected chi connectivity index (χ3v) is 2.00. The summed E-state index contributed by atoms with van der Waals surface area (Å²) in [4.78, 5) is 31.2. The maximum Gasteiger partial charge on any atom is 0.178 e. The van der Waals surface area contributed by atoms with E-state index in [1.54, 1.807) is 6.92 Å². The van der Waals surface area contributed by atoms with Gasteiger partial charge in [-0.25, -0.2) is 0 Å². The topological polar surface area (TPSA) is 51.2 Å². The molecule has 0 radical (unpaired) electrons. The van der Waals surface area contributed by atoms with Gasteiger partial charge in [0, 0.05) is 5.56 Å². The van der Waals surface area contributed by atoms with Crippen LogP contribution < -0.4 is 0 Å². The van der Waals surface area contributed by atoms with E-state index < -0.39 is 0 Å². The quantitative estimate of drug-likeness (QED) is 0.546. The molecule has 0 saturated carbocycles. The lowest BCUT2D eigenvalue weighted by Crippen LogP contribution is -1.97. The summed E-state index contributed by atoms with van der Waals surface area (Å²) in [6, 6.07) is 9.23. The molecule has 0 amide bonds. The number of ketones is 3. The number of carbonyl (C=O) groups is 3. The minimum atomic E-state index is -0.121. The van der Waals surface area contributed by atoms with Crippen molar-refractivity contribution in [3.63, 3.8) is 0 Å². The summed E-state index contributed by atoms with van der Waals surface area (Å²) >= 11 is 0. The first kappa shape index (κ1) is 12.8. The van der Waals surface area contributed by atoms with Crippen LogP contribution in [0.25, 0.3) is 0 Å². The van der Waals surface area contributed by atoms with Gasteiger partial charge in [0.2, 0.25) is 0 Å². The minimum Gasteiger partial charge on any atom is -0.295 e. The summed E-state index contributed by atoms with van der Waals surface area (Å²) in [7, 11) is 0. The molecule has 1 aliphatic rings. The van der Waals surface area contributed by atoms with E-state index in [0.717, 1.165) is 5.56 Å². The number of benzene rings is 1. The SMILES string of the molecule is CC(=O)c1ccccc1.O=C1C=CC(=O)C=C1. The van der Waals surface area contributed by atoms with Gasteiger partial charge < -0.3 is 0 Å². The third-order valence-electron chi connectivity index (χ3n) is 2.00. The number of carbonyl (C=O) groups excluding carboxylic acids is 3. The largest absolute Gasteiger partial charge is 0.295 e. The smallest absolute Gasteiger partial charge is 0.178 e. The fourth-order valence-corrected chi connectivity index (χ4v) is 1.11. The zero-order valence-corrected chi connectivity index (χ0v) is 9.42. The number of hydrogen-bond acceptors (Lipinski definition) is 3. The molecular weight excluding hydrogens is 216 g/mol. The molecule has 0 bridgehead atoms. The summed E-state index contributed by atoms with van der Waals surface area (Å²) in [6.45, 7) is 1.56. The Morgan fingerprint density at radius 3 is 1.53 bits per heavy atom. The van der Waals surface area contributed by atoms with E-state index in [4.69, 9.17) is 0 Å². The van der Waals surface area contributed by atoms with Crippen LogP contribution in [-0.4, -0.2) is 17.3 Å². The fraction of sp³-hybridized carbons (Fsp3) is 0.0714. The molecular formula is C14H12O3. The van der Waals surface area contributed by atoms with Crippen LogP contribution in [0, 0.1) is 0 Å². The number of allylic oxidation sites excluding steroid dienone is 4. The van der Waals surface area contributed by atoms with E-state index in [0.29, 0.717) is 0 Å². The van der Waals surface area contributed by atoms with Gasteiger partial charge in [-0.3, -0.25) is 14.4 Å². The highest BCUT2D eigenvalue weighted by Gasteiger charge is 1.97. The highest BCUT2D eigenvalue weighted by Crippen LogP contribution is 1.97. The van der Waals surface area contributed by atoms with Crippen molar-refractivity contribution in [3.8, 4) is 0 Å². The molecule has 1 aliphatic carbocycles. The number of hydrogen-bond donors (Lipinski definition) is 0. The van der Waals surface area contributed by atoms with Crippen LogP contribution in [0.5, 0.6) is 0 Å². The zero-order chi connectivity index (χ0) is 12.7. The van der Waals surface area contributed by atoms with Gasteiger partial charge >= 0.3 is 0 Å². The molecule has 3 nitrogen and oxygen atoms in total. The Balaban J connectivity index is 0.000000171. The van der Waals surface area contributed by atoms with E-state index in [-0.39, 0.29) is 17.3 Å². The Bertz CT molecular complexity index is 443. The maximum absolute atomic E-state index is 10.6. The normalized spacial score (nSPS) is 13.0. The van der Waals surface area contributed by atoms with Crippen LogP contribution in [0.4, 0.5) is 0 Å². The van der Waals surface area contributed by atoms with E-state index in [2.05, 4.69) is 0 Å². The Labute approximate surface area is 99.5 Å². The van der Waals surface area contributed by atoms with Crippen LogP contribution in [0.15, 0.2) is 54.6 Å². The van der Waals surface area contributed by atoms with Crippen LogP contribution in [0.2, 0.25) is 0 Å². The fourth-order valence-electron chi connectivity index (χ4n) is 1.11. The van der Waals surface area contributed by atoms with Crippen molar-refractivity contribution >= 4 is 17.3 Å². The monoisotopic (exact) mass is 228 g/mol. The second kappa shape index (κ2) is 6.33. The van der Waals surface area contributed by atoms with Crippen molar-refractivity contribution in [2.24, 2.45) is 0 Å². The van der Waals surface area contributed by atoms with Crippen LogP contribution >= 0.6 is 0 Å². The lowest BCUT2D eigenvalue weighted by Gasteiger charge is -1.89. The standard InChI is InChI=1S/C8H8O.C6H4O2/c1-7(9)8-5-3-2-4-6-8;7-5-1-2-6(8)4-3-5/h2-6H,1H3;1-4H. The van der Waals surface area contributed by atoms with Crippen molar-refractivity contribution in [1.82, 2.24) is 0 Å². The highest BCUT2D eigenvalue weighted by atomic mass is 16.1. The number of Topliss-reactive ketones (excluding diaryl/α,β-unsaturated/α-hetero) is 1. The molecule has 0 fully saturated rings. The van der Waals surface area contributed by atoms with Crippen LogP contribution in [0.3, 0.4) is 0 Å². The average molecular weight is 228 g/mol. The molecule has 0 saturated heterocycles. The molecule has 17 heavy (non-hydrogen) atoms. The zero-order valence-electron chi connectivity index (χ0n) is 9.42. The van der Waals surface area contributed by atoms with Crippen molar-refractivity contribution < 1.29 is 14.4 Å². The highest BCUT2D eigenvalue weighted by molar-refractivity contribution is 6.14. The van der Waals surface area contributed by atoms with E-state index in [1.165, 1.54) is 24.3 Å². The first-order chi connectivity index (χ1) is 8.09. The molecule has 0 spiro atoms. The summed E-state index contributed by atoms with van der Waals surface area (Å²) in [5, 5.41) is 0. The van der Waals surface area contributed by atoms with Gasteiger partial charge in [0.25, 0.3) is 0 Å². The predicted octanol–water partition coefficient (Wildman–Crippen LogP) is 2.14. The third kappa shape index (κ3) is 4.84. The van der Waals surface area contributed by atoms with Crippen molar-refractivity contribution in [1.29, 1.82) is 0 Å². The molecule has 1 aromatic carbocycles. The van der Waals surface area contributed by atoms with E-state index in [9.17, 15) is 14.4 Å². The molecule has 0 atom stereocenters. The van der Waals surface area contributed by atoms with Crippen LogP contribution in [-0.2, 0) is 9.59 Å². The second-order valence-electron chi connectivity index (χ2n) is 3.39. The maximum atomic E-state index is 10.6. The summed E-state index contributed by atoms with van der Waals surface area (Å²) in [5.74, 6) is -0.121. The first-order valence-corrected chi connectivity index (χ1v) is 5.09. The van der Waals surface area contributed by atoms with Gasteiger partial charge in [0.05, 0.1) is 0 Å². The van der Waals surface area contributed by atoms with E-state index >= 15 is 0 Å². The molecule has 86 valence electrons. The lowest BCUT2D eigenvalue weighted by atomic mass is 10.2. The van der Waals surface area contributed by atoms with Gasteiger partial charge in [0.15, 0.2) is 17.3 Å². The average Bonchev–Trinajstić information content (AvgIpc) is 2.35. The van der Waals surface area contributed by atoms with Crippen molar-refractivity contribution in [2.75, 3.05) is 0 Å². The van der Waals surface area contributed by atoms with Gasteiger partial charge in [-0.2, -0.15) is 0 Å². The van der Waals surface area contributed by atoms with Crippen molar-refractivity contribution in [2.45, 2.75) is 6.92 Å². The molecule has 1 aromatic rings. The molecule has 3 heteroatoms. The molecule has 0 aromatic heterocycles. The lowest BCUT2D eigenvalue weighted by molar-refractivity contribution is -0.113. The Morgan fingerprint density at radius 2 is 1.24 bits per heavy atom. The Hall–Kier alpha value is -2.29. The Morgan fingerprint density at radius 1 is 0.824 bits per heavy atom. The number of rotatable bonds is 1. The molecule has 0 aliphatic heterocycles. The van der Waals surface area contributed by atoms with Crippen LogP contribution in [0.1, 0.15) is 17.3 Å². The Kier molecular flexibility index (Phi) is 4.76. The van der Waals surface area contributed by atoms with E-state index in [1.807, 2.05) is 30.3 Å². The second-order valence-corrected chi connectivity index (χ2v) is 3.39. The van der Waals surface area contributed by atoms with Gasteiger partial charge in [-0.1, -0.05) is 30.3 Å². The predicted molar refractivity (Wildman–Crippen MR) is 64.7 cm³/mol. The van der Waals surface area contributed by atoms with Gasteiger partial charge in [-0.15, -0.1) is 0 Å². The molecule has 0 N–H and O–H groups in total. The van der Waals surface area contributed by atoms with Gasteiger partial charge in [0.1, 0.15) is 0 Å². The molecule has 0 heterocycles. The first-order valence-electron chi connectivity index (χ1n) is 5.09. The molecule has 0 unspecified atom stereocenters.